The van der Waals surface area contributed by atoms with Crippen LogP contribution in [0.5, 0.6) is 0 Å². The van der Waals surface area contributed by atoms with Crippen LogP contribution < -0.4 is 0 Å². The van der Waals surface area contributed by atoms with Crippen LogP contribution in [0.2, 0.25) is 0 Å². The average Bonchev–Trinajstić information content (AvgIpc) is 3.17. The zero-order valence-electron chi connectivity index (χ0n) is 10.2. The number of aromatic nitrogens is 4. The molecule has 0 N–H and O–H groups in total. The lowest BCUT2D eigenvalue weighted by atomic mass is 10.2. The van der Waals surface area contributed by atoms with Gasteiger partial charge in [0.25, 0.3) is 0 Å². The molecule has 0 spiro atoms. The first-order valence-electron chi connectivity index (χ1n) is 6.35. The van der Waals surface area contributed by atoms with Crippen molar-refractivity contribution < 1.29 is 0 Å². The fourth-order valence-electron chi connectivity index (χ4n) is 1.96. The average molecular weight is 268 g/mol. The fraction of sp³-hybridized carbons (Fsp3) is 0.214. The lowest BCUT2D eigenvalue weighted by Gasteiger charge is -2.01. The Kier molecular flexibility index (Phi) is 2.51. The van der Waals surface area contributed by atoms with Gasteiger partial charge in [-0.2, -0.15) is 9.61 Å². The molecule has 0 aliphatic heterocycles. The summed E-state index contributed by atoms with van der Waals surface area (Å²) < 4.78 is 1.83. The molecule has 2 heterocycles. The summed E-state index contributed by atoms with van der Waals surface area (Å²) in [7, 11) is 0. The van der Waals surface area contributed by atoms with Gasteiger partial charge in [-0.3, -0.25) is 0 Å². The van der Waals surface area contributed by atoms with Crippen LogP contribution in [0.15, 0.2) is 47.5 Å². The summed E-state index contributed by atoms with van der Waals surface area (Å²) in [5, 5.41) is 14.9. The van der Waals surface area contributed by atoms with Crippen molar-refractivity contribution in [1.29, 1.82) is 0 Å². The van der Waals surface area contributed by atoms with E-state index in [1.165, 1.54) is 12.8 Å². The smallest absolute Gasteiger partial charge is 0.185 e. The molecule has 19 heavy (non-hydrogen) atoms. The largest absolute Gasteiger partial charge is 0.192 e. The highest BCUT2D eigenvalue weighted by atomic mass is 32.2. The van der Waals surface area contributed by atoms with Gasteiger partial charge in [0.05, 0.1) is 0 Å². The van der Waals surface area contributed by atoms with Crippen molar-refractivity contribution in [2.24, 2.45) is 0 Å². The summed E-state index contributed by atoms with van der Waals surface area (Å²) in [5.41, 5.74) is 1.83. The Balaban J connectivity index is 1.82. The highest BCUT2D eigenvalue weighted by molar-refractivity contribution is 8.00. The van der Waals surface area contributed by atoms with Gasteiger partial charge in [0.2, 0.25) is 0 Å². The van der Waals surface area contributed by atoms with Crippen molar-refractivity contribution >= 4 is 17.4 Å². The molecule has 1 aliphatic carbocycles. The predicted octanol–water partition coefficient (Wildman–Crippen LogP) is 3.05. The number of hydrogen-bond donors (Lipinski definition) is 0. The normalized spacial score (nSPS) is 14.9. The summed E-state index contributed by atoms with van der Waals surface area (Å²) in [5.74, 6) is 0.800. The van der Waals surface area contributed by atoms with Crippen molar-refractivity contribution in [3.05, 3.63) is 42.5 Å². The maximum Gasteiger partial charge on any atom is 0.185 e. The molecule has 0 amide bonds. The number of nitrogens with zero attached hydrogens (tertiary/aromatic N) is 4. The molecule has 4 rings (SSSR count). The molecule has 4 nitrogen and oxygen atoms in total. The number of thioether (sulfide) groups is 1. The van der Waals surface area contributed by atoms with Gasteiger partial charge in [0.15, 0.2) is 11.5 Å². The Morgan fingerprint density at radius 1 is 1.00 bits per heavy atom. The third-order valence-corrected chi connectivity index (χ3v) is 4.35. The van der Waals surface area contributed by atoms with E-state index in [1.54, 1.807) is 0 Å². The van der Waals surface area contributed by atoms with E-state index in [-0.39, 0.29) is 0 Å². The first-order valence-corrected chi connectivity index (χ1v) is 7.23. The van der Waals surface area contributed by atoms with Gasteiger partial charge in [-0.05, 0) is 25.0 Å². The van der Waals surface area contributed by atoms with Gasteiger partial charge in [0.1, 0.15) is 5.03 Å². The molecule has 1 saturated carbocycles. The first-order chi connectivity index (χ1) is 9.40. The summed E-state index contributed by atoms with van der Waals surface area (Å²) >= 11 is 1.84. The van der Waals surface area contributed by atoms with E-state index < -0.39 is 0 Å². The van der Waals surface area contributed by atoms with Gasteiger partial charge in [-0.15, -0.1) is 22.0 Å². The Morgan fingerprint density at radius 3 is 2.63 bits per heavy atom. The molecule has 0 bridgehead atoms. The molecule has 0 radical (unpaired) electrons. The third-order valence-electron chi connectivity index (χ3n) is 3.08. The van der Waals surface area contributed by atoms with Gasteiger partial charge in [-0.1, -0.05) is 30.3 Å². The number of benzene rings is 1. The number of fused-ring (bicyclic) bond motifs is 1. The van der Waals surface area contributed by atoms with Crippen molar-refractivity contribution in [3.63, 3.8) is 0 Å². The van der Waals surface area contributed by atoms with Gasteiger partial charge < -0.3 is 0 Å². The molecule has 5 heteroatoms. The monoisotopic (exact) mass is 268 g/mol. The van der Waals surface area contributed by atoms with Crippen LogP contribution in [0, 0.1) is 0 Å². The van der Waals surface area contributed by atoms with Crippen LogP contribution in [0.4, 0.5) is 0 Å². The second-order valence-corrected chi connectivity index (χ2v) is 5.97. The molecule has 94 valence electrons. The minimum absolute atomic E-state index is 0.751. The Hall–Kier alpha value is -1.88. The van der Waals surface area contributed by atoms with Crippen LogP contribution in [0.3, 0.4) is 0 Å². The lowest BCUT2D eigenvalue weighted by molar-refractivity contribution is 0.860. The van der Waals surface area contributed by atoms with Gasteiger partial charge in [-0.25, -0.2) is 0 Å². The van der Waals surface area contributed by atoms with Crippen molar-refractivity contribution in [3.8, 4) is 11.4 Å². The zero-order chi connectivity index (χ0) is 12.7. The van der Waals surface area contributed by atoms with Crippen LogP contribution in [0.1, 0.15) is 12.8 Å². The Labute approximate surface area is 114 Å². The van der Waals surface area contributed by atoms with Crippen molar-refractivity contribution in [2.45, 2.75) is 23.1 Å². The highest BCUT2D eigenvalue weighted by Crippen LogP contribution is 2.38. The summed E-state index contributed by atoms with van der Waals surface area (Å²) in [4.78, 5) is 0. The lowest BCUT2D eigenvalue weighted by Crippen LogP contribution is -1.96. The van der Waals surface area contributed by atoms with E-state index in [2.05, 4.69) is 15.3 Å². The molecule has 1 aliphatic rings. The maximum atomic E-state index is 4.65. The minimum atomic E-state index is 0.751. The molecule has 0 saturated heterocycles. The molecule has 3 aromatic rings. The second-order valence-electron chi connectivity index (χ2n) is 4.65. The summed E-state index contributed by atoms with van der Waals surface area (Å²) in [6.45, 7) is 0. The SMILES string of the molecule is c1ccc(-c2nnc3ccc(SC4CC4)nn23)cc1. The first kappa shape index (κ1) is 11.0. The van der Waals surface area contributed by atoms with E-state index in [4.69, 9.17) is 0 Å². The van der Waals surface area contributed by atoms with Crippen LogP contribution in [0.25, 0.3) is 17.0 Å². The quantitative estimate of drug-likeness (QED) is 0.732. The van der Waals surface area contributed by atoms with Crippen LogP contribution in [-0.4, -0.2) is 25.1 Å². The van der Waals surface area contributed by atoms with Gasteiger partial charge in [0, 0.05) is 10.8 Å². The third kappa shape index (κ3) is 2.10. The Bertz CT molecular complexity index is 719. The van der Waals surface area contributed by atoms with E-state index in [1.807, 2.05) is 58.7 Å². The topological polar surface area (TPSA) is 43.1 Å². The van der Waals surface area contributed by atoms with E-state index in [0.29, 0.717) is 0 Å². The van der Waals surface area contributed by atoms with Crippen LogP contribution >= 0.6 is 11.8 Å². The predicted molar refractivity (Wildman–Crippen MR) is 75.1 cm³/mol. The van der Waals surface area contributed by atoms with Crippen molar-refractivity contribution in [2.75, 3.05) is 0 Å². The van der Waals surface area contributed by atoms with E-state index in [9.17, 15) is 0 Å². The fourth-order valence-corrected chi connectivity index (χ4v) is 2.95. The number of hydrogen-bond acceptors (Lipinski definition) is 4. The molecule has 1 aromatic carbocycles. The van der Waals surface area contributed by atoms with Crippen LogP contribution in [-0.2, 0) is 0 Å². The summed E-state index contributed by atoms with van der Waals surface area (Å²) in [6.07, 6.45) is 2.61. The number of rotatable bonds is 3. The van der Waals surface area contributed by atoms with Crippen molar-refractivity contribution in [1.82, 2.24) is 19.8 Å². The zero-order valence-corrected chi connectivity index (χ0v) is 11.0. The molecule has 0 unspecified atom stereocenters. The molecule has 1 fully saturated rings. The second kappa shape index (κ2) is 4.35. The Morgan fingerprint density at radius 2 is 1.84 bits per heavy atom. The minimum Gasteiger partial charge on any atom is -0.192 e. The molecular weight excluding hydrogens is 256 g/mol. The van der Waals surface area contributed by atoms with Gasteiger partial charge >= 0.3 is 0 Å². The molecular formula is C14H12N4S. The van der Waals surface area contributed by atoms with E-state index in [0.717, 1.165) is 27.3 Å². The standard InChI is InChI=1S/C14H12N4S/c1-2-4-10(5-3-1)14-16-15-12-8-9-13(17-18(12)14)19-11-6-7-11/h1-5,8-9,11H,6-7H2. The molecule has 2 aromatic heterocycles. The highest BCUT2D eigenvalue weighted by Gasteiger charge is 2.23. The summed E-state index contributed by atoms with van der Waals surface area (Å²) in [6, 6.07) is 14.1. The maximum absolute atomic E-state index is 4.65. The molecule has 0 atom stereocenters. The van der Waals surface area contributed by atoms with E-state index >= 15 is 0 Å².